The maximum absolute atomic E-state index is 5.63. The summed E-state index contributed by atoms with van der Waals surface area (Å²) < 4.78 is 5.63. The fourth-order valence-corrected chi connectivity index (χ4v) is 3.51. The third-order valence-electron chi connectivity index (χ3n) is 5.07. The van der Waals surface area contributed by atoms with Crippen LogP contribution in [0.2, 0.25) is 0 Å². The van der Waals surface area contributed by atoms with Crippen molar-refractivity contribution in [3.05, 3.63) is 65.7 Å². The second kappa shape index (κ2) is 8.87. The summed E-state index contributed by atoms with van der Waals surface area (Å²) in [5, 5.41) is 0. The molecule has 0 saturated heterocycles. The van der Waals surface area contributed by atoms with Gasteiger partial charge in [0, 0.05) is 24.0 Å². The Balaban J connectivity index is 2.00. The fraction of sp³-hybridized carbons (Fsp3) is 0.348. The minimum Gasteiger partial charge on any atom is -0.496 e. The van der Waals surface area contributed by atoms with Crippen molar-refractivity contribution in [1.82, 2.24) is 4.90 Å². The summed E-state index contributed by atoms with van der Waals surface area (Å²) in [4.78, 5) is 9.30. The highest BCUT2D eigenvalue weighted by Gasteiger charge is 2.22. The minimum atomic E-state index is 0.0416. The molecule has 3 rings (SSSR count). The monoisotopic (exact) mass is 363 g/mol. The molecule has 1 aliphatic heterocycles. The zero-order valence-electron chi connectivity index (χ0n) is 16.7. The largest absolute Gasteiger partial charge is 0.496 e. The van der Waals surface area contributed by atoms with Crippen LogP contribution in [0.15, 0.2) is 59.6 Å². The molecule has 4 heteroatoms. The van der Waals surface area contributed by atoms with Gasteiger partial charge in [0.25, 0.3) is 0 Å². The summed E-state index contributed by atoms with van der Waals surface area (Å²) >= 11 is 0. The Labute approximate surface area is 162 Å². The van der Waals surface area contributed by atoms with Gasteiger partial charge in [-0.3, -0.25) is 9.89 Å². The Morgan fingerprint density at radius 1 is 1.07 bits per heavy atom. The summed E-state index contributed by atoms with van der Waals surface area (Å²) in [7, 11) is 1.74. The number of rotatable bonds is 7. The van der Waals surface area contributed by atoms with Gasteiger partial charge in [-0.1, -0.05) is 44.2 Å². The highest BCUT2D eigenvalue weighted by atomic mass is 16.5. The molecule has 0 amide bonds. The standard InChI is InChI=1S/C23H29N3O/c1-5-25(6-2)17-20-16-21(12-13-23(20)27-4)26-18(3)24-15-14-22(26)19-10-8-7-9-11-19/h7-16,18H,5-6,17H2,1-4H3. The van der Waals surface area contributed by atoms with Crippen LogP contribution in [0.4, 0.5) is 5.69 Å². The number of aliphatic imine (C=N–C) groups is 1. The minimum absolute atomic E-state index is 0.0416. The van der Waals surface area contributed by atoms with Crippen LogP contribution in [-0.2, 0) is 6.54 Å². The summed E-state index contributed by atoms with van der Waals surface area (Å²) in [6, 6.07) is 16.9. The molecule has 142 valence electrons. The molecule has 0 saturated carbocycles. The van der Waals surface area contributed by atoms with Gasteiger partial charge in [0.1, 0.15) is 11.9 Å². The first-order chi connectivity index (χ1) is 13.2. The molecule has 1 atom stereocenters. The van der Waals surface area contributed by atoms with E-state index in [1.54, 1.807) is 7.11 Å². The van der Waals surface area contributed by atoms with Crippen molar-refractivity contribution in [3.8, 4) is 5.75 Å². The number of hydrogen-bond donors (Lipinski definition) is 0. The Bertz CT molecular complexity index is 810. The summed E-state index contributed by atoms with van der Waals surface area (Å²) in [5.41, 5.74) is 4.69. The Morgan fingerprint density at radius 3 is 2.48 bits per heavy atom. The number of hydrogen-bond acceptors (Lipinski definition) is 4. The van der Waals surface area contributed by atoms with E-state index in [2.05, 4.69) is 84.1 Å². The zero-order chi connectivity index (χ0) is 19.2. The lowest BCUT2D eigenvalue weighted by molar-refractivity contribution is 0.289. The molecule has 0 fully saturated rings. The van der Waals surface area contributed by atoms with Crippen LogP contribution >= 0.6 is 0 Å². The second-order valence-corrected chi connectivity index (χ2v) is 6.68. The van der Waals surface area contributed by atoms with E-state index in [1.807, 2.05) is 12.3 Å². The molecule has 0 bridgehead atoms. The van der Waals surface area contributed by atoms with Crippen molar-refractivity contribution >= 4 is 17.6 Å². The van der Waals surface area contributed by atoms with Gasteiger partial charge in [0.15, 0.2) is 0 Å². The molecule has 0 spiro atoms. The van der Waals surface area contributed by atoms with Crippen molar-refractivity contribution in [2.45, 2.75) is 33.5 Å². The average molecular weight is 364 g/mol. The van der Waals surface area contributed by atoms with Crippen LogP contribution < -0.4 is 9.64 Å². The van der Waals surface area contributed by atoms with Crippen molar-refractivity contribution in [2.75, 3.05) is 25.1 Å². The molecule has 0 aliphatic carbocycles. The maximum atomic E-state index is 5.63. The predicted octanol–water partition coefficient (Wildman–Crippen LogP) is 4.81. The number of benzene rings is 2. The number of anilines is 1. The first kappa shape index (κ1) is 19.2. The van der Waals surface area contributed by atoms with Crippen LogP contribution in [0, 0.1) is 0 Å². The van der Waals surface area contributed by atoms with Crippen LogP contribution in [0.25, 0.3) is 5.70 Å². The number of allylic oxidation sites excluding steroid dienone is 1. The Kier molecular flexibility index (Phi) is 6.30. The maximum Gasteiger partial charge on any atom is 0.123 e. The van der Waals surface area contributed by atoms with E-state index < -0.39 is 0 Å². The molecule has 1 heterocycles. The second-order valence-electron chi connectivity index (χ2n) is 6.68. The van der Waals surface area contributed by atoms with E-state index in [9.17, 15) is 0 Å². The molecule has 0 N–H and O–H groups in total. The molecule has 1 aliphatic rings. The number of methoxy groups -OCH3 is 1. The van der Waals surface area contributed by atoms with Gasteiger partial charge in [-0.2, -0.15) is 0 Å². The highest BCUT2D eigenvalue weighted by Crippen LogP contribution is 2.34. The fourth-order valence-electron chi connectivity index (χ4n) is 3.51. The van der Waals surface area contributed by atoms with Crippen LogP contribution in [-0.4, -0.2) is 37.5 Å². The van der Waals surface area contributed by atoms with Crippen LogP contribution in [0.5, 0.6) is 5.75 Å². The zero-order valence-corrected chi connectivity index (χ0v) is 16.7. The smallest absolute Gasteiger partial charge is 0.123 e. The van der Waals surface area contributed by atoms with E-state index >= 15 is 0 Å². The predicted molar refractivity (Wildman–Crippen MR) is 114 cm³/mol. The van der Waals surface area contributed by atoms with E-state index in [0.29, 0.717) is 0 Å². The Hall–Kier alpha value is -2.59. The van der Waals surface area contributed by atoms with Gasteiger partial charge in [-0.15, -0.1) is 0 Å². The summed E-state index contributed by atoms with van der Waals surface area (Å²) in [5.74, 6) is 0.934. The van der Waals surface area contributed by atoms with Crippen LogP contribution in [0.3, 0.4) is 0 Å². The normalized spacial score (nSPS) is 16.6. The molecule has 2 aromatic carbocycles. The number of ether oxygens (including phenoxy) is 1. The molecule has 0 radical (unpaired) electrons. The molecule has 0 aromatic heterocycles. The lowest BCUT2D eigenvalue weighted by atomic mass is 10.1. The summed E-state index contributed by atoms with van der Waals surface area (Å²) in [6.45, 7) is 9.42. The lowest BCUT2D eigenvalue weighted by Gasteiger charge is -2.34. The molecular formula is C23H29N3O. The number of nitrogens with zero attached hydrogens (tertiary/aromatic N) is 3. The van der Waals surface area contributed by atoms with Crippen molar-refractivity contribution in [2.24, 2.45) is 4.99 Å². The first-order valence-electron chi connectivity index (χ1n) is 9.65. The van der Waals surface area contributed by atoms with Gasteiger partial charge in [0.2, 0.25) is 0 Å². The van der Waals surface area contributed by atoms with E-state index in [0.717, 1.165) is 36.8 Å². The average Bonchev–Trinajstić information content (AvgIpc) is 2.72. The van der Waals surface area contributed by atoms with Gasteiger partial charge in [0.05, 0.1) is 12.8 Å². The van der Waals surface area contributed by atoms with Crippen molar-refractivity contribution < 1.29 is 4.74 Å². The highest BCUT2D eigenvalue weighted by molar-refractivity contribution is 5.93. The quantitative estimate of drug-likeness (QED) is 0.706. The topological polar surface area (TPSA) is 28.1 Å². The van der Waals surface area contributed by atoms with E-state index in [4.69, 9.17) is 4.74 Å². The van der Waals surface area contributed by atoms with Crippen molar-refractivity contribution in [3.63, 3.8) is 0 Å². The van der Waals surface area contributed by atoms with Gasteiger partial charge in [-0.25, -0.2) is 0 Å². The molecule has 27 heavy (non-hydrogen) atoms. The van der Waals surface area contributed by atoms with Gasteiger partial charge in [-0.05, 0) is 49.9 Å². The van der Waals surface area contributed by atoms with Crippen LogP contribution in [0.1, 0.15) is 31.9 Å². The third-order valence-corrected chi connectivity index (χ3v) is 5.07. The van der Waals surface area contributed by atoms with Gasteiger partial charge < -0.3 is 9.64 Å². The lowest BCUT2D eigenvalue weighted by Crippen LogP contribution is -2.32. The molecule has 4 nitrogen and oxygen atoms in total. The molecule has 2 aromatic rings. The third kappa shape index (κ3) is 4.22. The van der Waals surface area contributed by atoms with Crippen molar-refractivity contribution in [1.29, 1.82) is 0 Å². The summed E-state index contributed by atoms with van der Waals surface area (Å²) in [6.07, 6.45) is 4.04. The van der Waals surface area contributed by atoms with E-state index in [-0.39, 0.29) is 6.17 Å². The molecule has 1 unspecified atom stereocenters. The SMILES string of the molecule is CCN(CC)Cc1cc(N2C(c3ccccc3)=CC=NC2C)ccc1OC. The Morgan fingerprint density at radius 2 is 1.81 bits per heavy atom. The van der Waals surface area contributed by atoms with E-state index in [1.165, 1.54) is 11.1 Å². The molecular weight excluding hydrogens is 334 g/mol. The van der Waals surface area contributed by atoms with Gasteiger partial charge >= 0.3 is 0 Å². The first-order valence-corrected chi connectivity index (χ1v) is 9.65.